The molecule has 130 valence electrons. The number of nitriles is 1. The lowest BCUT2D eigenvalue weighted by Crippen LogP contribution is -2.26. The van der Waals surface area contributed by atoms with E-state index in [9.17, 15) is 0 Å². The lowest BCUT2D eigenvalue weighted by Gasteiger charge is -2.23. The van der Waals surface area contributed by atoms with E-state index in [2.05, 4.69) is 55.1 Å². The van der Waals surface area contributed by atoms with E-state index < -0.39 is 0 Å². The number of nitrogens with zero attached hydrogens (tertiary/aromatic N) is 4. The zero-order chi connectivity index (χ0) is 17.8. The molecule has 26 heavy (non-hydrogen) atoms. The van der Waals surface area contributed by atoms with Gasteiger partial charge in [0, 0.05) is 6.07 Å². The molecule has 4 rings (SSSR count). The van der Waals surface area contributed by atoms with Crippen molar-refractivity contribution in [2.24, 2.45) is 0 Å². The molecule has 0 amide bonds. The molecule has 7 nitrogen and oxygen atoms in total. The Morgan fingerprint density at radius 3 is 2.54 bits per heavy atom. The van der Waals surface area contributed by atoms with E-state index in [0.29, 0.717) is 17.6 Å². The highest BCUT2D eigenvalue weighted by atomic mass is 15.2. The largest absolute Gasteiger partial charge is 0.322 e. The van der Waals surface area contributed by atoms with Crippen LogP contribution in [-0.4, -0.2) is 33.3 Å². The predicted molar refractivity (Wildman–Crippen MR) is 98.9 cm³/mol. The van der Waals surface area contributed by atoms with Gasteiger partial charge < -0.3 is 10.6 Å². The Labute approximate surface area is 151 Å². The van der Waals surface area contributed by atoms with Crippen LogP contribution in [0.3, 0.4) is 0 Å². The molecular weight excluding hydrogens is 326 g/mol. The minimum absolute atomic E-state index is 0.284. The molecule has 1 aromatic carbocycles. The molecule has 0 radical (unpaired) electrons. The molecule has 0 unspecified atom stereocenters. The summed E-state index contributed by atoms with van der Waals surface area (Å²) in [4.78, 5) is 8.12. The van der Waals surface area contributed by atoms with Crippen molar-refractivity contribution in [1.82, 2.24) is 25.5 Å². The van der Waals surface area contributed by atoms with Crippen molar-refractivity contribution in [2.45, 2.75) is 18.8 Å². The Balaban J connectivity index is 1.46. The minimum Gasteiger partial charge on any atom is -0.322 e. The van der Waals surface area contributed by atoms with Crippen molar-refractivity contribution in [1.29, 1.82) is 5.26 Å². The van der Waals surface area contributed by atoms with Crippen molar-refractivity contribution in [3.8, 4) is 17.3 Å². The molecule has 1 aliphatic rings. The molecule has 3 N–H and O–H groups in total. The van der Waals surface area contributed by atoms with E-state index in [1.807, 2.05) is 12.1 Å². The van der Waals surface area contributed by atoms with Gasteiger partial charge in [0.2, 0.25) is 0 Å². The van der Waals surface area contributed by atoms with E-state index in [1.54, 1.807) is 0 Å². The third kappa shape index (κ3) is 3.55. The first-order valence-electron chi connectivity index (χ1n) is 8.67. The fraction of sp³-hybridized carbons (Fsp3) is 0.263. The number of rotatable bonds is 4. The third-order valence-corrected chi connectivity index (χ3v) is 4.63. The Morgan fingerprint density at radius 1 is 1.04 bits per heavy atom. The molecular formula is C19H19N7. The van der Waals surface area contributed by atoms with Crippen LogP contribution < -0.4 is 10.6 Å². The number of piperidine rings is 1. The van der Waals surface area contributed by atoms with Crippen molar-refractivity contribution in [3.05, 3.63) is 54.0 Å². The molecule has 0 aliphatic carbocycles. The van der Waals surface area contributed by atoms with E-state index in [1.165, 1.54) is 30.8 Å². The van der Waals surface area contributed by atoms with Gasteiger partial charge in [-0.05, 0) is 43.0 Å². The zero-order valence-electron chi connectivity index (χ0n) is 14.2. The summed E-state index contributed by atoms with van der Waals surface area (Å²) in [5.41, 5.74) is 3.72. The number of nitrogens with one attached hydrogen (secondary N) is 3. The second-order valence-corrected chi connectivity index (χ2v) is 6.34. The summed E-state index contributed by atoms with van der Waals surface area (Å²) in [6.07, 6.45) is 5.34. The number of H-pyrrole nitrogens is 1. The van der Waals surface area contributed by atoms with Crippen molar-refractivity contribution >= 4 is 11.6 Å². The lowest BCUT2D eigenvalue weighted by atomic mass is 9.89. The van der Waals surface area contributed by atoms with Crippen molar-refractivity contribution < 1.29 is 0 Å². The van der Waals surface area contributed by atoms with Gasteiger partial charge in [-0.25, -0.2) is 9.97 Å². The quantitative estimate of drug-likeness (QED) is 0.672. The Kier molecular flexibility index (Phi) is 4.58. The highest BCUT2D eigenvalue weighted by Gasteiger charge is 2.15. The Hall–Kier alpha value is -3.24. The zero-order valence-corrected chi connectivity index (χ0v) is 14.2. The van der Waals surface area contributed by atoms with Gasteiger partial charge >= 0.3 is 0 Å². The summed E-state index contributed by atoms with van der Waals surface area (Å²) >= 11 is 0. The van der Waals surface area contributed by atoms with Crippen molar-refractivity contribution in [2.75, 3.05) is 18.4 Å². The number of aromatic nitrogens is 4. The van der Waals surface area contributed by atoms with Crippen LogP contribution in [0.4, 0.5) is 11.6 Å². The molecule has 2 aromatic heterocycles. The number of aromatic amines is 1. The van der Waals surface area contributed by atoms with E-state index in [4.69, 9.17) is 5.26 Å². The van der Waals surface area contributed by atoms with Gasteiger partial charge in [-0.2, -0.15) is 10.4 Å². The molecule has 0 atom stereocenters. The lowest BCUT2D eigenvalue weighted by molar-refractivity contribution is 0.460. The van der Waals surface area contributed by atoms with Crippen LogP contribution in [0.1, 0.15) is 30.0 Å². The van der Waals surface area contributed by atoms with Gasteiger partial charge in [-0.15, -0.1) is 0 Å². The summed E-state index contributed by atoms with van der Waals surface area (Å²) in [7, 11) is 0. The summed E-state index contributed by atoms with van der Waals surface area (Å²) in [5, 5.41) is 22.5. The second-order valence-electron chi connectivity index (χ2n) is 6.34. The van der Waals surface area contributed by atoms with Crippen LogP contribution >= 0.6 is 0 Å². The minimum atomic E-state index is 0.284. The molecule has 0 bridgehead atoms. The molecule has 3 aromatic rings. The first-order valence-corrected chi connectivity index (χ1v) is 8.67. The monoisotopic (exact) mass is 345 g/mol. The van der Waals surface area contributed by atoms with Gasteiger partial charge in [0.15, 0.2) is 11.5 Å². The maximum atomic E-state index is 8.76. The fourth-order valence-electron chi connectivity index (χ4n) is 3.21. The molecule has 1 saturated heterocycles. The first-order chi connectivity index (χ1) is 12.8. The number of hydrogen-bond acceptors (Lipinski definition) is 6. The molecule has 1 fully saturated rings. The van der Waals surface area contributed by atoms with Gasteiger partial charge in [-0.1, -0.05) is 24.3 Å². The fourth-order valence-corrected chi connectivity index (χ4v) is 3.21. The van der Waals surface area contributed by atoms with Crippen molar-refractivity contribution in [3.63, 3.8) is 0 Å². The van der Waals surface area contributed by atoms with Crippen LogP contribution in [0.15, 0.2) is 42.7 Å². The summed E-state index contributed by atoms with van der Waals surface area (Å²) in [5.74, 6) is 1.85. The summed E-state index contributed by atoms with van der Waals surface area (Å²) in [6, 6.07) is 12.6. The van der Waals surface area contributed by atoms with E-state index >= 15 is 0 Å². The molecule has 1 aliphatic heterocycles. The number of hydrogen-bond donors (Lipinski definition) is 3. The first kappa shape index (κ1) is 16.2. The van der Waals surface area contributed by atoms with Crippen LogP contribution in [0.5, 0.6) is 0 Å². The van der Waals surface area contributed by atoms with Crippen LogP contribution in [0.25, 0.3) is 11.3 Å². The maximum Gasteiger partial charge on any atom is 0.158 e. The van der Waals surface area contributed by atoms with Gasteiger partial charge in [0.25, 0.3) is 0 Å². The molecule has 3 heterocycles. The SMILES string of the molecule is N#Cc1cnc(Nc2cc(-c3ccc(C4CCNCC4)cc3)[nH]n2)cn1. The third-order valence-electron chi connectivity index (χ3n) is 4.63. The molecule has 0 spiro atoms. The van der Waals surface area contributed by atoms with Gasteiger partial charge in [-0.3, -0.25) is 5.10 Å². The normalized spacial score (nSPS) is 14.7. The second kappa shape index (κ2) is 7.33. The standard InChI is InChI=1S/C19H19N7/c20-10-16-11-23-19(12-22-16)24-18-9-17(25-26-18)15-3-1-13(2-4-15)14-5-7-21-8-6-14/h1-4,9,11-12,14,21H,5-8H2,(H2,23,24,25,26). The van der Waals surface area contributed by atoms with Gasteiger partial charge in [0.1, 0.15) is 11.9 Å². The average Bonchev–Trinajstić information content (AvgIpc) is 3.18. The van der Waals surface area contributed by atoms with Gasteiger partial charge in [0.05, 0.1) is 18.1 Å². The van der Waals surface area contributed by atoms with E-state index in [-0.39, 0.29) is 5.69 Å². The highest BCUT2D eigenvalue weighted by molar-refractivity contribution is 5.65. The summed E-state index contributed by atoms with van der Waals surface area (Å²) in [6.45, 7) is 2.19. The smallest absolute Gasteiger partial charge is 0.158 e. The van der Waals surface area contributed by atoms with Crippen LogP contribution in [0.2, 0.25) is 0 Å². The Morgan fingerprint density at radius 2 is 1.85 bits per heavy atom. The van der Waals surface area contributed by atoms with Crippen LogP contribution in [-0.2, 0) is 0 Å². The summed E-state index contributed by atoms with van der Waals surface area (Å²) < 4.78 is 0. The Bertz CT molecular complexity index is 900. The number of benzene rings is 1. The predicted octanol–water partition coefficient (Wildman–Crippen LogP) is 2.95. The molecule has 7 heteroatoms. The number of anilines is 2. The topological polar surface area (TPSA) is 102 Å². The average molecular weight is 345 g/mol. The maximum absolute atomic E-state index is 8.76. The van der Waals surface area contributed by atoms with Crippen LogP contribution in [0, 0.1) is 11.3 Å². The highest BCUT2D eigenvalue weighted by Crippen LogP contribution is 2.28. The van der Waals surface area contributed by atoms with E-state index in [0.717, 1.165) is 24.3 Å². The molecule has 0 saturated carbocycles.